The number of carbonyl (C=O) groups is 1. The molecule has 2 heterocycles. The zero-order valence-electron chi connectivity index (χ0n) is 16.2. The van der Waals surface area contributed by atoms with Gasteiger partial charge in [0.05, 0.1) is 5.69 Å². The van der Waals surface area contributed by atoms with Crippen LogP contribution in [0.5, 0.6) is 11.6 Å². The Hall–Kier alpha value is -2.93. The zero-order valence-corrected chi connectivity index (χ0v) is 16.2. The second-order valence-corrected chi connectivity index (χ2v) is 6.80. The van der Waals surface area contributed by atoms with Crippen LogP contribution in [-0.4, -0.2) is 46.9 Å². The van der Waals surface area contributed by atoms with E-state index in [1.807, 2.05) is 0 Å². The number of rotatable bonds is 6. The fraction of sp³-hybridized carbons (Fsp3) is 0.381. The molecule has 148 valence electrons. The van der Waals surface area contributed by atoms with Crippen molar-refractivity contribution in [1.29, 1.82) is 0 Å². The summed E-state index contributed by atoms with van der Waals surface area (Å²) in [6.45, 7) is 3.12. The summed E-state index contributed by atoms with van der Waals surface area (Å²) in [5.74, 6) is 0.366. The van der Waals surface area contributed by atoms with Gasteiger partial charge in [0.2, 0.25) is 11.8 Å². The Balaban J connectivity index is 1.67. The van der Waals surface area contributed by atoms with E-state index in [0.29, 0.717) is 28.7 Å². The molecule has 28 heavy (non-hydrogen) atoms. The molecule has 3 N–H and O–H groups in total. The number of hydrogen-bond acceptors (Lipinski definition) is 6. The third-order valence-corrected chi connectivity index (χ3v) is 4.84. The SMILES string of the molecule is CC[C@H]1C[C@@H](Oc2ccc(-c3ccc(/C=C/C(=O)NC)cc3O)nn2)CCN1. The maximum atomic E-state index is 11.3. The summed E-state index contributed by atoms with van der Waals surface area (Å²) in [7, 11) is 1.56. The Morgan fingerprint density at radius 3 is 2.89 bits per heavy atom. The molecule has 1 aromatic carbocycles. The molecule has 1 amide bonds. The molecule has 7 nitrogen and oxygen atoms in total. The van der Waals surface area contributed by atoms with Crippen molar-refractivity contribution in [3.05, 3.63) is 42.0 Å². The highest BCUT2D eigenvalue weighted by molar-refractivity contribution is 5.91. The van der Waals surface area contributed by atoms with E-state index in [2.05, 4.69) is 27.8 Å². The van der Waals surface area contributed by atoms with Crippen LogP contribution in [0.3, 0.4) is 0 Å². The summed E-state index contributed by atoms with van der Waals surface area (Å²) in [5, 5.41) is 24.7. The highest BCUT2D eigenvalue weighted by Crippen LogP contribution is 2.29. The van der Waals surface area contributed by atoms with E-state index in [4.69, 9.17) is 4.74 Å². The van der Waals surface area contributed by atoms with Crippen molar-refractivity contribution in [2.45, 2.75) is 38.3 Å². The Morgan fingerprint density at radius 1 is 1.36 bits per heavy atom. The monoisotopic (exact) mass is 382 g/mol. The summed E-state index contributed by atoms with van der Waals surface area (Å²) < 4.78 is 5.97. The molecular weight excluding hydrogens is 356 g/mol. The van der Waals surface area contributed by atoms with Gasteiger partial charge in [0.25, 0.3) is 0 Å². The molecule has 0 radical (unpaired) electrons. The fourth-order valence-electron chi connectivity index (χ4n) is 3.21. The number of nitrogens with one attached hydrogen (secondary N) is 2. The van der Waals surface area contributed by atoms with Gasteiger partial charge in [0, 0.05) is 30.8 Å². The summed E-state index contributed by atoms with van der Waals surface area (Å²) in [4.78, 5) is 11.3. The topological polar surface area (TPSA) is 96.4 Å². The average Bonchev–Trinajstić information content (AvgIpc) is 2.73. The number of aromatic nitrogens is 2. The summed E-state index contributed by atoms with van der Waals surface area (Å²) in [5.41, 5.74) is 1.85. The van der Waals surface area contributed by atoms with Gasteiger partial charge in [-0.2, -0.15) is 0 Å². The molecule has 7 heteroatoms. The van der Waals surface area contributed by atoms with Crippen molar-refractivity contribution in [3.63, 3.8) is 0 Å². The predicted octanol–water partition coefficient (Wildman–Crippen LogP) is 2.52. The Kier molecular flexibility index (Phi) is 6.60. The molecule has 0 bridgehead atoms. The van der Waals surface area contributed by atoms with E-state index in [1.165, 1.54) is 6.08 Å². The molecule has 1 saturated heterocycles. The Bertz CT molecular complexity index is 836. The number of hydrogen-bond donors (Lipinski definition) is 3. The van der Waals surface area contributed by atoms with E-state index < -0.39 is 0 Å². The minimum Gasteiger partial charge on any atom is -0.507 e. The quantitative estimate of drug-likeness (QED) is 0.665. The van der Waals surface area contributed by atoms with Gasteiger partial charge in [0.1, 0.15) is 11.9 Å². The molecule has 1 aliphatic heterocycles. The fourth-order valence-corrected chi connectivity index (χ4v) is 3.21. The van der Waals surface area contributed by atoms with Crippen molar-refractivity contribution in [2.24, 2.45) is 0 Å². The van der Waals surface area contributed by atoms with Crippen LogP contribution in [0.4, 0.5) is 0 Å². The molecule has 0 aliphatic carbocycles. The third-order valence-electron chi connectivity index (χ3n) is 4.84. The van der Waals surface area contributed by atoms with Crippen molar-refractivity contribution < 1.29 is 14.6 Å². The van der Waals surface area contributed by atoms with Crippen LogP contribution in [0, 0.1) is 0 Å². The number of piperidine rings is 1. The van der Waals surface area contributed by atoms with Crippen LogP contribution in [0.2, 0.25) is 0 Å². The maximum absolute atomic E-state index is 11.3. The second-order valence-electron chi connectivity index (χ2n) is 6.80. The van der Waals surface area contributed by atoms with Crippen LogP contribution in [0.15, 0.2) is 36.4 Å². The lowest BCUT2D eigenvalue weighted by Gasteiger charge is -2.29. The van der Waals surface area contributed by atoms with Crippen molar-refractivity contribution in [3.8, 4) is 22.9 Å². The molecule has 2 aromatic rings. The largest absolute Gasteiger partial charge is 0.507 e. The first-order valence-corrected chi connectivity index (χ1v) is 9.56. The number of carbonyl (C=O) groups excluding carboxylic acids is 1. The van der Waals surface area contributed by atoms with Crippen LogP contribution in [0.25, 0.3) is 17.3 Å². The molecule has 1 fully saturated rings. The van der Waals surface area contributed by atoms with Crippen molar-refractivity contribution in [1.82, 2.24) is 20.8 Å². The van der Waals surface area contributed by atoms with Crippen LogP contribution < -0.4 is 15.4 Å². The molecule has 0 saturated carbocycles. The molecule has 1 aliphatic rings. The predicted molar refractivity (Wildman–Crippen MR) is 108 cm³/mol. The molecule has 2 atom stereocenters. The van der Waals surface area contributed by atoms with E-state index >= 15 is 0 Å². The van der Waals surface area contributed by atoms with Gasteiger partial charge in [-0.25, -0.2) is 0 Å². The minimum atomic E-state index is -0.205. The third kappa shape index (κ3) is 5.07. The lowest BCUT2D eigenvalue weighted by atomic mass is 10.00. The number of benzene rings is 1. The normalized spacial score (nSPS) is 19.5. The lowest BCUT2D eigenvalue weighted by molar-refractivity contribution is -0.115. The second kappa shape index (κ2) is 9.32. The van der Waals surface area contributed by atoms with E-state index in [-0.39, 0.29) is 17.8 Å². The minimum absolute atomic E-state index is 0.0752. The Morgan fingerprint density at radius 2 is 2.21 bits per heavy atom. The van der Waals surface area contributed by atoms with E-state index in [9.17, 15) is 9.90 Å². The number of phenolic OH excluding ortho intramolecular Hbond substituents is 1. The van der Waals surface area contributed by atoms with Crippen molar-refractivity contribution in [2.75, 3.05) is 13.6 Å². The van der Waals surface area contributed by atoms with Crippen LogP contribution >= 0.6 is 0 Å². The standard InChI is InChI=1S/C21H26N4O3/c1-3-15-13-16(10-11-23-15)28-21-9-7-18(24-25-21)17-6-4-14(12-19(17)26)5-8-20(27)22-2/h4-9,12,15-16,23,26H,3,10-11,13H2,1-2H3,(H,22,27)/b8-5+/t15-,16-/m0/s1. The first-order chi connectivity index (χ1) is 13.6. The number of likely N-dealkylation sites (N-methyl/N-ethyl adjacent to an activating group) is 1. The van der Waals surface area contributed by atoms with Gasteiger partial charge in [-0.1, -0.05) is 13.0 Å². The number of nitrogens with zero attached hydrogens (tertiary/aromatic N) is 2. The van der Waals surface area contributed by atoms with Crippen LogP contribution in [-0.2, 0) is 4.79 Å². The smallest absolute Gasteiger partial charge is 0.243 e. The number of aromatic hydroxyl groups is 1. The van der Waals surface area contributed by atoms with Gasteiger partial charge in [0.15, 0.2) is 0 Å². The number of amides is 1. The van der Waals surface area contributed by atoms with Gasteiger partial charge >= 0.3 is 0 Å². The van der Waals surface area contributed by atoms with E-state index in [0.717, 1.165) is 25.8 Å². The molecule has 1 aromatic heterocycles. The highest BCUT2D eigenvalue weighted by Gasteiger charge is 2.22. The molecule has 3 rings (SSSR count). The maximum Gasteiger partial charge on any atom is 0.243 e. The zero-order chi connectivity index (χ0) is 19.9. The Labute approximate surface area is 164 Å². The highest BCUT2D eigenvalue weighted by atomic mass is 16.5. The first kappa shape index (κ1) is 19.8. The lowest BCUT2D eigenvalue weighted by Crippen LogP contribution is -2.42. The summed E-state index contributed by atoms with van der Waals surface area (Å²) in [6.07, 6.45) is 6.18. The van der Waals surface area contributed by atoms with Gasteiger partial charge in [-0.15, -0.1) is 10.2 Å². The van der Waals surface area contributed by atoms with Crippen molar-refractivity contribution >= 4 is 12.0 Å². The molecular formula is C21H26N4O3. The summed E-state index contributed by atoms with van der Waals surface area (Å²) in [6, 6.07) is 9.20. The first-order valence-electron chi connectivity index (χ1n) is 9.56. The van der Waals surface area contributed by atoms with Gasteiger partial charge < -0.3 is 20.5 Å². The van der Waals surface area contributed by atoms with E-state index in [1.54, 1.807) is 43.5 Å². The molecule has 0 unspecified atom stereocenters. The van der Waals surface area contributed by atoms with Crippen LogP contribution in [0.1, 0.15) is 31.7 Å². The number of phenols is 1. The number of ether oxygens (including phenoxy) is 1. The summed E-state index contributed by atoms with van der Waals surface area (Å²) >= 11 is 0. The average molecular weight is 382 g/mol. The van der Waals surface area contributed by atoms with Gasteiger partial charge in [-0.3, -0.25) is 4.79 Å². The van der Waals surface area contributed by atoms with Gasteiger partial charge in [-0.05, 0) is 55.6 Å². The molecule has 0 spiro atoms.